The highest BCUT2D eigenvalue weighted by Gasteiger charge is 2.22. The van der Waals surface area contributed by atoms with E-state index in [9.17, 15) is 13.2 Å². The van der Waals surface area contributed by atoms with Gasteiger partial charge in [0.25, 0.3) is 0 Å². The number of rotatable bonds is 6. The Kier molecular flexibility index (Phi) is 6.09. The number of anilines is 1. The number of aromatic nitrogens is 2. The Bertz CT molecular complexity index is 1270. The van der Waals surface area contributed by atoms with Gasteiger partial charge in [-0.05, 0) is 35.4 Å². The minimum absolute atomic E-state index is 0.0713. The maximum atomic E-state index is 13.2. The summed E-state index contributed by atoms with van der Waals surface area (Å²) in [6, 6.07) is 29.5. The Labute approximate surface area is 186 Å². The molecule has 3 aromatic carbocycles. The first-order valence-electron chi connectivity index (χ1n) is 9.97. The molecule has 0 aliphatic heterocycles. The summed E-state index contributed by atoms with van der Waals surface area (Å²) in [7, 11) is -3.40. The number of sulfone groups is 1. The standard InChI is InChI=1S/C25H21N3O3S/c1-32(30,31)23-17-16-22(27-28-23)18-12-14-21(15-13-18)26-25(29)24(19-8-4-2-5-9-19)20-10-6-3-7-11-20/h2-17,24H,1H3,(H,26,29). The first kappa shape index (κ1) is 21.4. The monoisotopic (exact) mass is 443 g/mol. The quantitative estimate of drug-likeness (QED) is 0.479. The van der Waals surface area contributed by atoms with Gasteiger partial charge >= 0.3 is 0 Å². The van der Waals surface area contributed by atoms with Gasteiger partial charge in [-0.3, -0.25) is 4.79 Å². The van der Waals surface area contributed by atoms with Crippen LogP contribution in [0.25, 0.3) is 11.3 Å². The molecule has 1 amide bonds. The van der Waals surface area contributed by atoms with Crippen molar-refractivity contribution in [3.8, 4) is 11.3 Å². The van der Waals surface area contributed by atoms with Gasteiger partial charge in [-0.2, -0.15) is 0 Å². The van der Waals surface area contributed by atoms with Crippen molar-refractivity contribution in [2.75, 3.05) is 11.6 Å². The molecular formula is C25H21N3O3S. The zero-order valence-corrected chi connectivity index (χ0v) is 18.2. The van der Waals surface area contributed by atoms with Crippen LogP contribution in [0.3, 0.4) is 0 Å². The van der Waals surface area contributed by atoms with Crippen molar-refractivity contribution < 1.29 is 13.2 Å². The molecule has 0 aliphatic carbocycles. The van der Waals surface area contributed by atoms with Gasteiger partial charge in [-0.1, -0.05) is 72.8 Å². The number of carbonyl (C=O) groups is 1. The summed E-state index contributed by atoms with van der Waals surface area (Å²) in [6.45, 7) is 0. The topological polar surface area (TPSA) is 89.0 Å². The predicted octanol–water partition coefficient (Wildman–Crippen LogP) is 4.32. The van der Waals surface area contributed by atoms with Gasteiger partial charge in [0.1, 0.15) is 0 Å². The third-order valence-corrected chi connectivity index (χ3v) is 5.97. The molecule has 1 heterocycles. The molecule has 0 fully saturated rings. The maximum Gasteiger partial charge on any atom is 0.236 e. The molecule has 0 unspecified atom stereocenters. The molecule has 1 aromatic heterocycles. The average molecular weight is 444 g/mol. The normalized spacial score (nSPS) is 11.3. The van der Waals surface area contributed by atoms with Gasteiger partial charge in [0.15, 0.2) is 14.9 Å². The smallest absolute Gasteiger partial charge is 0.236 e. The molecule has 32 heavy (non-hydrogen) atoms. The maximum absolute atomic E-state index is 13.2. The number of benzene rings is 3. The van der Waals surface area contributed by atoms with E-state index in [2.05, 4.69) is 15.5 Å². The highest BCUT2D eigenvalue weighted by molar-refractivity contribution is 7.90. The summed E-state index contributed by atoms with van der Waals surface area (Å²) in [5.41, 5.74) is 3.78. The number of hydrogen-bond acceptors (Lipinski definition) is 5. The lowest BCUT2D eigenvalue weighted by Crippen LogP contribution is -2.22. The summed E-state index contributed by atoms with van der Waals surface area (Å²) in [6.07, 6.45) is 1.09. The van der Waals surface area contributed by atoms with E-state index in [0.29, 0.717) is 11.4 Å². The van der Waals surface area contributed by atoms with Crippen LogP contribution in [0.1, 0.15) is 17.0 Å². The van der Waals surface area contributed by atoms with Crippen LogP contribution in [0.5, 0.6) is 0 Å². The minimum atomic E-state index is -3.40. The number of hydrogen-bond donors (Lipinski definition) is 1. The van der Waals surface area contributed by atoms with Crippen LogP contribution in [-0.2, 0) is 14.6 Å². The van der Waals surface area contributed by atoms with Crippen LogP contribution in [0.2, 0.25) is 0 Å². The SMILES string of the molecule is CS(=O)(=O)c1ccc(-c2ccc(NC(=O)C(c3ccccc3)c3ccccc3)cc2)nn1. The summed E-state index contributed by atoms with van der Waals surface area (Å²) in [5.74, 6) is -0.570. The van der Waals surface area contributed by atoms with Gasteiger partial charge in [-0.25, -0.2) is 8.42 Å². The van der Waals surface area contributed by atoms with E-state index in [-0.39, 0.29) is 10.9 Å². The number of amides is 1. The van der Waals surface area contributed by atoms with E-state index in [0.717, 1.165) is 22.9 Å². The zero-order valence-electron chi connectivity index (χ0n) is 17.3. The number of nitrogens with one attached hydrogen (secondary N) is 1. The second-order valence-electron chi connectivity index (χ2n) is 7.35. The molecule has 0 saturated carbocycles. The minimum Gasteiger partial charge on any atom is -0.325 e. The Morgan fingerprint density at radius 2 is 1.31 bits per heavy atom. The Morgan fingerprint density at radius 1 is 0.750 bits per heavy atom. The molecule has 0 atom stereocenters. The van der Waals surface area contributed by atoms with Crippen molar-refractivity contribution in [1.82, 2.24) is 10.2 Å². The summed E-state index contributed by atoms with van der Waals surface area (Å²) in [4.78, 5) is 13.2. The first-order chi connectivity index (χ1) is 15.4. The first-order valence-corrected chi connectivity index (χ1v) is 11.9. The molecule has 0 radical (unpaired) electrons. The molecule has 4 rings (SSSR count). The molecule has 7 heteroatoms. The van der Waals surface area contributed by atoms with Gasteiger partial charge < -0.3 is 5.32 Å². The Morgan fingerprint density at radius 3 is 1.78 bits per heavy atom. The van der Waals surface area contributed by atoms with E-state index in [1.807, 2.05) is 60.7 Å². The Balaban J connectivity index is 1.55. The molecular weight excluding hydrogens is 422 g/mol. The van der Waals surface area contributed by atoms with E-state index in [1.54, 1.807) is 30.3 Å². The molecule has 0 saturated heterocycles. The van der Waals surface area contributed by atoms with Crippen molar-refractivity contribution in [2.45, 2.75) is 10.9 Å². The van der Waals surface area contributed by atoms with E-state index >= 15 is 0 Å². The summed E-state index contributed by atoms with van der Waals surface area (Å²) < 4.78 is 23.1. The van der Waals surface area contributed by atoms with Crippen LogP contribution in [-0.4, -0.2) is 30.8 Å². The molecule has 6 nitrogen and oxygen atoms in total. The van der Waals surface area contributed by atoms with Crippen molar-refractivity contribution in [3.63, 3.8) is 0 Å². The Hall–Kier alpha value is -3.84. The second-order valence-corrected chi connectivity index (χ2v) is 9.31. The summed E-state index contributed by atoms with van der Waals surface area (Å²) >= 11 is 0. The van der Waals surface area contributed by atoms with Gasteiger partial charge in [0.05, 0.1) is 11.6 Å². The number of carbonyl (C=O) groups excluding carboxylic acids is 1. The highest BCUT2D eigenvalue weighted by Crippen LogP contribution is 2.27. The van der Waals surface area contributed by atoms with Crippen LogP contribution < -0.4 is 5.32 Å². The van der Waals surface area contributed by atoms with Crippen LogP contribution in [0, 0.1) is 0 Å². The lowest BCUT2D eigenvalue weighted by Gasteiger charge is -2.18. The number of nitrogens with zero attached hydrogens (tertiary/aromatic N) is 2. The van der Waals surface area contributed by atoms with Crippen molar-refractivity contribution in [2.24, 2.45) is 0 Å². The fraction of sp³-hybridized carbons (Fsp3) is 0.0800. The molecule has 160 valence electrons. The predicted molar refractivity (Wildman–Crippen MR) is 124 cm³/mol. The fourth-order valence-corrected chi connectivity index (χ4v) is 3.90. The van der Waals surface area contributed by atoms with Crippen molar-refractivity contribution in [1.29, 1.82) is 0 Å². The third kappa shape index (κ3) is 4.90. The second kappa shape index (κ2) is 9.11. The molecule has 4 aromatic rings. The van der Waals surface area contributed by atoms with E-state index < -0.39 is 15.8 Å². The molecule has 0 aliphatic rings. The fourth-order valence-electron chi connectivity index (χ4n) is 3.40. The highest BCUT2D eigenvalue weighted by atomic mass is 32.2. The van der Waals surface area contributed by atoms with Crippen LogP contribution in [0.4, 0.5) is 5.69 Å². The van der Waals surface area contributed by atoms with Crippen LogP contribution in [0.15, 0.2) is 102 Å². The van der Waals surface area contributed by atoms with Gasteiger partial charge in [0, 0.05) is 17.5 Å². The lowest BCUT2D eigenvalue weighted by molar-refractivity contribution is -0.116. The molecule has 1 N–H and O–H groups in total. The molecule has 0 bridgehead atoms. The molecule has 0 spiro atoms. The van der Waals surface area contributed by atoms with Crippen LogP contribution >= 0.6 is 0 Å². The van der Waals surface area contributed by atoms with E-state index in [1.165, 1.54) is 6.07 Å². The van der Waals surface area contributed by atoms with Gasteiger partial charge in [0.2, 0.25) is 5.91 Å². The van der Waals surface area contributed by atoms with Gasteiger partial charge in [-0.15, -0.1) is 10.2 Å². The van der Waals surface area contributed by atoms with Crippen molar-refractivity contribution >= 4 is 21.4 Å². The third-order valence-electron chi connectivity index (χ3n) is 5.00. The largest absolute Gasteiger partial charge is 0.325 e. The van der Waals surface area contributed by atoms with E-state index in [4.69, 9.17) is 0 Å². The summed E-state index contributed by atoms with van der Waals surface area (Å²) in [5, 5.41) is 10.7. The average Bonchev–Trinajstić information content (AvgIpc) is 2.81. The zero-order chi connectivity index (χ0) is 22.6. The lowest BCUT2D eigenvalue weighted by atomic mass is 9.90. The van der Waals surface area contributed by atoms with Crippen molar-refractivity contribution in [3.05, 3.63) is 108 Å².